The molecule has 0 bridgehead atoms. The molecule has 0 fully saturated rings. The molecule has 4 nitrogen and oxygen atoms in total. The lowest BCUT2D eigenvalue weighted by Gasteiger charge is -1.94. The minimum Gasteiger partial charge on any atom is -0.477 e. The standard InChI is InChI=1S/C10H8N2O2S2/c1-6-8(9(13)14)16-10(12-6)15-7-2-4-11-5-3-7/h2-5H,1H3,(H,13,14). The highest BCUT2D eigenvalue weighted by Gasteiger charge is 2.14. The zero-order valence-electron chi connectivity index (χ0n) is 8.38. The quantitative estimate of drug-likeness (QED) is 0.910. The van der Waals surface area contributed by atoms with Crippen LogP contribution in [0.1, 0.15) is 15.4 Å². The second kappa shape index (κ2) is 4.63. The number of thiazole rings is 1. The number of aromatic carboxylic acids is 1. The Balaban J connectivity index is 2.23. The van der Waals surface area contributed by atoms with E-state index in [4.69, 9.17) is 5.11 Å². The zero-order valence-corrected chi connectivity index (χ0v) is 10.0. The third-order valence-corrected chi connectivity index (χ3v) is 4.04. The predicted molar refractivity (Wildman–Crippen MR) is 62.2 cm³/mol. The highest BCUT2D eigenvalue weighted by molar-refractivity contribution is 8.01. The van der Waals surface area contributed by atoms with Crippen LogP contribution in [0.2, 0.25) is 0 Å². The number of hydrogen-bond acceptors (Lipinski definition) is 5. The number of carboxylic acid groups (broad SMARTS) is 1. The Hall–Kier alpha value is -1.40. The average molecular weight is 252 g/mol. The number of carbonyl (C=O) groups is 1. The lowest BCUT2D eigenvalue weighted by atomic mass is 10.4. The normalized spacial score (nSPS) is 10.3. The summed E-state index contributed by atoms with van der Waals surface area (Å²) in [6.07, 6.45) is 3.39. The number of hydrogen-bond donors (Lipinski definition) is 1. The van der Waals surface area contributed by atoms with Gasteiger partial charge in [0.05, 0.1) is 5.69 Å². The highest BCUT2D eigenvalue weighted by Crippen LogP contribution is 2.32. The minimum atomic E-state index is -0.920. The Morgan fingerprint density at radius 3 is 2.69 bits per heavy atom. The molecule has 82 valence electrons. The van der Waals surface area contributed by atoms with Crippen LogP contribution in [-0.2, 0) is 0 Å². The first kappa shape index (κ1) is 11.1. The third-order valence-electron chi connectivity index (χ3n) is 1.83. The van der Waals surface area contributed by atoms with Gasteiger partial charge in [-0.2, -0.15) is 0 Å². The third kappa shape index (κ3) is 2.40. The first-order chi connectivity index (χ1) is 7.66. The van der Waals surface area contributed by atoms with Crippen LogP contribution >= 0.6 is 23.1 Å². The summed E-state index contributed by atoms with van der Waals surface area (Å²) in [7, 11) is 0. The maximum absolute atomic E-state index is 10.8. The molecule has 2 rings (SSSR count). The number of carboxylic acids is 1. The van der Waals surface area contributed by atoms with Gasteiger partial charge in [-0.15, -0.1) is 11.3 Å². The van der Waals surface area contributed by atoms with Gasteiger partial charge >= 0.3 is 5.97 Å². The summed E-state index contributed by atoms with van der Waals surface area (Å²) in [4.78, 5) is 20.3. The summed E-state index contributed by atoms with van der Waals surface area (Å²) in [6.45, 7) is 1.70. The fourth-order valence-corrected chi connectivity index (χ4v) is 3.11. The molecule has 16 heavy (non-hydrogen) atoms. The van der Waals surface area contributed by atoms with E-state index < -0.39 is 5.97 Å². The second-order valence-electron chi connectivity index (χ2n) is 2.98. The van der Waals surface area contributed by atoms with Crippen molar-refractivity contribution in [3.63, 3.8) is 0 Å². The molecule has 0 aliphatic rings. The Kier molecular flexibility index (Phi) is 3.21. The lowest BCUT2D eigenvalue weighted by molar-refractivity contribution is 0.0701. The number of pyridine rings is 1. The van der Waals surface area contributed by atoms with Crippen LogP contribution in [0.25, 0.3) is 0 Å². The first-order valence-electron chi connectivity index (χ1n) is 4.45. The summed E-state index contributed by atoms with van der Waals surface area (Å²) >= 11 is 2.64. The maximum atomic E-state index is 10.8. The van der Waals surface area contributed by atoms with Gasteiger partial charge in [0.1, 0.15) is 4.88 Å². The van der Waals surface area contributed by atoms with Crippen molar-refractivity contribution < 1.29 is 9.90 Å². The molecule has 2 aromatic heterocycles. The van der Waals surface area contributed by atoms with Crippen molar-refractivity contribution in [2.75, 3.05) is 0 Å². The average Bonchev–Trinajstić information content (AvgIpc) is 2.61. The van der Waals surface area contributed by atoms with Crippen molar-refractivity contribution in [3.05, 3.63) is 35.1 Å². The number of aromatic nitrogens is 2. The van der Waals surface area contributed by atoms with Gasteiger partial charge < -0.3 is 5.11 Å². The molecule has 6 heteroatoms. The Morgan fingerprint density at radius 1 is 1.44 bits per heavy atom. The maximum Gasteiger partial charge on any atom is 0.347 e. The molecule has 0 aliphatic heterocycles. The molecule has 2 heterocycles. The summed E-state index contributed by atoms with van der Waals surface area (Å²) in [6, 6.07) is 3.73. The van der Waals surface area contributed by atoms with Crippen molar-refractivity contribution in [1.82, 2.24) is 9.97 Å². The number of nitrogens with zero attached hydrogens (tertiary/aromatic N) is 2. The molecule has 0 spiro atoms. The molecule has 0 aliphatic carbocycles. The SMILES string of the molecule is Cc1nc(Sc2ccncc2)sc1C(=O)O. The summed E-state index contributed by atoms with van der Waals surface area (Å²) in [5, 5.41) is 8.90. The van der Waals surface area contributed by atoms with E-state index in [0.717, 1.165) is 9.24 Å². The highest BCUT2D eigenvalue weighted by atomic mass is 32.2. The van der Waals surface area contributed by atoms with Crippen LogP contribution < -0.4 is 0 Å². The summed E-state index contributed by atoms with van der Waals surface area (Å²) in [5.74, 6) is -0.920. The van der Waals surface area contributed by atoms with E-state index in [1.807, 2.05) is 12.1 Å². The largest absolute Gasteiger partial charge is 0.477 e. The van der Waals surface area contributed by atoms with Crippen LogP contribution in [-0.4, -0.2) is 21.0 Å². The number of rotatable bonds is 3. The van der Waals surface area contributed by atoms with Crippen LogP contribution in [0.15, 0.2) is 33.8 Å². The zero-order chi connectivity index (χ0) is 11.5. The molecule has 0 radical (unpaired) electrons. The minimum absolute atomic E-state index is 0.302. The van der Waals surface area contributed by atoms with Crippen molar-refractivity contribution in [2.24, 2.45) is 0 Å². The second-order valence-corrected chi connectivity index (χ2v) is 5.30. The van der Waals surface area contributed by atoms with Gasteiger partial charge in [-0.3, -0.25) is 4.98 Å². The van der Waals surface area contributed by atoms with E-state index in [1.165, 1.54) is 23.1 Å². The smallest absolute Gasteiger partial charge is 0.347 e. The first-order valence-corrected chi connectivity index (χ1v) is 6.08. The fourth-order valence-electron chi connectivity index (χ4n) is 1.12. The summed E-state index contributed by atoms with van der Waals surface area (Å²) in [5.41, 5.74) is 0.564. The molecule has 1 N–H and O–H groups in total. The topological polar surface area (TPSA) is 63.1 Å². The van der Waals surface area contributed by atoms with E-state index in [0.29, 0.717) is 10.6 Å². The van der Waals surface area contributed by atoms with Gasteiger partial charge in [-0.05, 0) is 19.1 Å². The van der Waals surface area contributed by atoms with Gasteiger partial charge in [-0.1, -0.05) is 11.8 Å². The fraction of sp³-hybridized carbons (Fsp3) is 0.100. The van der Waals surface area contributed by atoms with Gasteiger partial charge in [0.2, 0.25) is 0 Å². The summed E-state index contributed by atoms with van der Waals surface area (Å²) < 4.78 is 0.737. The lowest BCUT2D eigenvalue weighted by Crippen LogP contribution is -1.94. The van der Waals surface area contributed by atoms with Gasteiger partial charge in [0.25, 0.3) is 0 Å². The number of aryl methyl sites for hydroxylation is 1. The van der Waals surface area contributed by atoms with Crippen molar-refractivity contribution >= 4 is 29.1 Å². The van der Waals surface area contributed by atoms with Crippen LogP contribution in [0.5, 0.6) is 0 Å². The van der Waals surface area contributed by atoms with Crippen molar-refractivity contribution in [2.45, 2.75) is 16.2 Å². The van der Waals surface area contributed by atoms with Crippen molar-refractivity contribution in [1.29, 1.82) is 0 Å². The van der Waals surface area contributed by atoms with Gasteiger partial charge in [-0.25, -0.2) is 9.78 Å². The van der Waals surface area contributed by atoms with Gasteiger partial charge in [0, 0.05) is 17.3 Å². The van der Waals surface area contributed by atoms with E-state index in [1.54, 1.807) is 19.3 Å². The Morgan fingerprint density at radius 2 is 2.12 bits per heavy atom. The van der Waals surface area contributed by atoms with Crippen LogP contribution in [0.3, 0.4) is 0 Å². The Labute approximate surface area is 100 Å². The monoisotopic (exact) mass is 252 g/mol. The van der Waals surface area contributed by atoms with E-state index in [9.17, 15) is 4.79 Å². The van der Waals surface area contributed by atoms with E-state index >= 15 is 0 Å². The van der Waals surface area contributed by atoms with E-state index in [2.05, 4.69) is 9.97 Å². The molecule has 0 saturated heterocycles. The predicted octanol–water partition coefficient (Wildman–Crippen LogP) is 2.70. The Bertz CT molecular complexity index is 511. The molecule has 0 amide bonds. The molecule has 0 aromatic carbocycles. The molecule has 0 atom stereocenters. The molecular weight excluding hydrogens is 244 g/mol. The molecular formula is C10H8N2O2S2. The van der Waals surface area contributed by atoms with Crippen molar-refractivity contribution in [3.8, 4) is 0 Å². The van der Waals surface area contributed by atoms with E-state index in [-0.39, 0.29) is 0 Å². The molecule has 0 saturated carbocycles. The van der Waals surface area contributed by atoms with Gasteiger partial charge in [0.15, 0.2) is 4.34 Å². The molecule has 2 aromatic rings. The molecule has 0 unspecified atom stereocenters. The van der Waals surface area contributed by atoms with Crippen LogP contribution in [0, 0.1) is 6.92 Å². The van der Waals surface area contributed by atoms with Crippen LogP contribution in [0.4, 0.5) is 0 Å².